The summed E-state index contributed by atoms with van der Waals surface area (Å²) in [6, 6.07) is 8.16. The molecule has 0 spiro atoms. The van der Waals surface area contributed by atoms with Crippen molar-refractivity contribution < 1.29 is 14.3 Å². The number of halogens is 1. The molecule has 3 heterocycles. The molecule has 2 aromatic rings. The summed E-state index contributed by atoms with van der Waals surface area (Å²) in [6.07, 6.45) is 2.58. The first-order valence-corrected chi connectivity index (χ1v) is 10.2. The highest BCUT2D eigenvalue weighted by Crippen LogP contribution is 2.29. The van der Waals surface area contributed by atoms with Crippen LogP contribution >= 0.6 is 11.6 Å². The smallest absolute Gasteiger partial charge is 0.259 e. The van der Waals surface area contributed by atoms with Gasteiger partial charge in [0.05, 0.1) is 37.1 Å². The van der Waals surface area contributed by atoms with Gasteiger partial charge >= 0.3 is 0 Å². The minimum absolute atomic E-state index is 0.0698. The predicted molar refractivity (Wildman–Crippen MR) is 107 cm³/mol. The number of likely N-dealkylation sites (tertiary alicyclic amines) is 1. The molecule has 7 heteroatoms. The van der Waals surface area contributed by atoms with Gasteiger partial charge in [0.15, 0.2) is 6.29 Å². The second kappa shape index (κ2) is 8.23. The molecule has 1 aromatic carbocycles. The third kappa shape index (κ3) is 3.81. The van der Waals surface area contributed by atoms with Crippen LogP contribution in [0.1, 0.15) is 46.4 Å². The van der Waals surface area contributed by atoms with Gasteiger partial charge in [-0.25, -0.2) is 4.68 Å². The van der Waals surface area contributed by atoms with Crippen molar-refractivity contribution >= 4 is 17.5 Å². The second-order valence-electron chi connectivity index (χ2n) is 7.57. The fourth-order valence-corrected chi connectivity index (χ4v) is 4.32. The van der Waals surface area contributed by atoms with Crippen molar-refractivity contribution in [3.05, 3.63) is 51.8 Å². The van der Waals surface area contributed by atoms with Gasteiger partial charge in [-0.2, -0.15) is 5.10 Å². The maximum Gasteiger partial charge on any atom is 0.259 e. The molecule has 150 valence electrons. The Hall–Kier alpha value is -1.89. The second-order valence-corrected chi connectivity index (χ2v) is 7.92. The molecule has 0 aliphatic carbocycles. The molecule has 28 heavy (non-hydrogen) atoms. The van der Waals surface area contributed by atoms with Crippen molar-refractivity contribution in [2.24, 2.45) is 0 Å². The Kier molecular flexibility index (Phi) is 5.71. The quantitative estimate of drug-likeness (QED) is 0.783. The first-order valence-electron chi connectivity index (χ1n) is 9.87. The van der Waals surface area contributed by atoms with Crippen molar-refractivity contribution in [3.63, 3.8) is 0 Å². The summed E-state index contributed by atoms with van der Waals surface area (Å²) >= 11 is 6.62. The predicted octanol–water partition coefficient (Wildman–Crippen LogP) is 3.57. The van der Waals surface area contributed by atoms with Crippen molar-refractivity contribution in [2.45, 2.75) is 52.0 Å². The van der Waals surface area contributed by atoms with E-state index in [4.69, 9.17) is 21.1 Å². The zero-order valence-corrected chi connectivity index (χ0v) is 17.1. The summed E-state index contributed by atoms with van der Waals surface area (Å²) in [4.78, 5) is 15.3. The summed E-state index contributed by atoms with van der Waals surface area (Å²) in [6.45, 7) is 6.27. The molecule has 1 unspecified atom stereocenters. The zero-order chi connectivity index (χ0) is 19.7. The number of carbonyl (C=O) groups excluding carboxylic acids is 1. The highest BCUT2D eigenvalue weighted by atomic mass is 35.5. The lowest BCUT2D eigenvalue weighted by Gasteiger charge is -2.38. The number of amides is 1. The number of piperidine rings is 1. The first kappa shape index (κ1) is 19.4. The van der Waals surface area contributed by atoms with E-state index in [0.29, 0.717) is 42.7 Å². The number of ether oxygens (including phenoxy) is 2. The van der Waals surface area contributed by atoms with Crippen LogP contribution < -0.4 is 0 Å². The van der Waals surface area contributed by atoms with Gasteiger partial charge < -0.3 is 14.4 Å². The molecule has 2 aliphatic heterocycles. The van der Waals surface area contributed by atoms with Gasteiger partial charge in [0.1, 0.15) is 5.15 Å². The van der Waals surface area contributed by atoms with Crippen LogP contribution in [0.5, 0.6) is 0 Å². The number of rotatable bonds is 4. The van der Waals surface area contributed by atoms with Gasteiger partial charge in [0.25, 0.3) is 5.91 Å². The number of carbonyl (C=O) groups is 1. The van der Waals surface area contributed by atoms with Crippen LogP contribution in [0, 0.1) is 13.8 Å². The summed E-state index contributed by atoms with van der Waals surface area (Å²) in [5, 5.41) is 4.93. The Morgan fingerprint density at radius 1 is 1.18 bits per heavy atom. The minimum Gasteiger partial charge on any atom is -0.348 e. The number of nitrogens with zero attached hydrogens (tertiary/aromatic N) is 3. The van der Waals surface area contributed by atoms with Crippen LogP contribution in [0.4, 0.5) is 0 Å². The standard InChI is InChI=1S/C21H26ClN3O3/c1-14-6-8-16(9-7-14)13-25-19(22)18(15(2)23-25)20(26)24-10-4-3-5-17(24)21-27-11-12-28-21/h6-9,17,21H,3-5,10-13H2,1-2H3. The maximum absolute atomic E-state index is 13.4. The number of hydrogen-bond donors (Lipinski definition) is 0. The molecule has 6 nitrogen and oxygen atoms in total. The molecular weight excluding hydrogens is 378 g/mol. The monoisotopic (exact) mass is 403 g/mol. The van der Waals surface area contributed by atoms with Gasteiger partial charge in [0.2, 0.25) is 0 Å². The molecule has 1 atom stereocenters. The third-order valence-corrected chi connectivity index (χ3v) is 5.89. The first-order chi connectivity index (χ1) is 13.5. The van der Waals surface area contributed by atoms with E-state index < -0.39 is 0 Å². The van der Waals surface area contributed by atoms with Crippen LogP contribution in [-0.2, 0) is 16.0 Å². The lowest BCUT2D eigenvalue weighted by Crippen LogP contribution is -2.50. The van der Waals surface area contributed by atoms with E-state index in [1.807, 2.05) is 11.8 Å². The van der Waals surface area contributed by atoms with E-state index in [2.05, 4.69) is 36.3 Å². The van der Waals surface area contributed by atoms with Gasteiger partial charge in [-0.1, -0.05) is 41.4 Å². The molecule has 4 rings (SSSR count). The average Bonchev–Trinajstić information content (AvgIpc) is 3.32. The van der Waals surface area contributed by atoms with Crippen LogP contribution in [0.25, 0.3) is 0 Å². The van der Waals surface area contributed by atoms with Crippen molar-refractivity contribution in [1.82, 2.24) is 14.7 Å². The summed E-state index contributed by atoms with van der Waals surface area (Å²) < 4.78 is 13.1. The Morgan fingerprint density at radius 2 is 1.89 bits per heavy atom. The largest absolute Gasteiger partial charge is 0.348 e. The fourth-order valence-electron chi connectivity index (χ4n) is 4.00. The van der Waals surface area contributed by atoms with Crippen LogP contribution in [0.2, 0.25) is 5.15 Å². The van der Waals surface area contributed by atoms with Crippen LogP contribution in [0.3, 0.4) is 0 Å². The molecular formula is C21H26ClN3O3. The Labute approximate surface area is 170 Å². The zero-order valence-electron chi connectivity index (χ0n) is 16.4. The molecule has 0 N–H and O–H groups in total. The SMILES string of the molecule is Cc1ccc(Cn2nc(C)c(C(=O)N3CCCCC3C3OCCO3)c2Cl)cc1. The van der Waals surface area contributed by atoms with Gasteiger partial charge in [-0.15, -0.1) is 0 Å². The number of aromatic nitrogens is 2. The number of benzene rings is 1. The summed E-state index contributed by atoms with van der Waals surface area (Å²) in [5.74, 6) is -0.0820. The van der Waals surface area contributed by atoms with E-state index in [9.17, 15) is 4.79 Å². The van der Waals surface area contributed by atoms with Gasteiger partial charge in [-0.05, 0) is 38.7 Å². The molecule has 2 aliphatic rings. The lowest BCUT2D eigenvalue weighted by atomic mass is 10.0. The summed E-state index contributed by atoms with van der Waals surface area (Å²) in [5.41, 5.74) is 3.44. The molecule has 0 saturated carbocycles. The van der Waals surface area contributed by atoms with Crippen molar-refractivity contribution in [3.8, 4) is 0 Å². The van der Waals surface area contributed by atoms with E-state index in [1.165, 1.54) is 5.56 Å². The van der Waals surface area contributed by atoms with Crippen LogP contribution in [0.15, 0.2) is 24.3 Å². The Bertz CT molecular complexity index is 843. The van der Waals surface area contributed by atoms with Crippen molar-refractivity contribution in [2.75, 3.05) is 19.8 Å². The van der Waals surface area contributed by atoms with Gasteiger partial charge in [0, 0.05) is 6.54 Å². The Balaban J connectivity index is 1.58. The summed E-state index contributed by atoms with van der Waals surface area (Å²) in [7, 11) is 0. The maximum atomic E-state index is 13.4. The van der Waals surface area contributed by atoms with Crippen molar-refractivity contribution in [1.29, 1.82) is 0 Å². The molecule has 1 aromatic heterocycles. The topological polar surface area (TPSA) is 56.6 Å². The van der Waals surface area contributed by atoms with E-state index in [-0.39, 0.29) is 18.2 Å². The third-order valence-electron chi connectivity index (χ3n) is 5.50. The van der Waals surface area contributed by atoms with E-state index >= 15 is 0 Å². The lowest BCUT2D eigenvalue weighted by molar-refractivity contribution is -0.100. The molecule has 1 amide bonds. The van der Waals surface area contributed by atoms with E-state index in [0.717, 1.165) is 24.8 Å². The average molecular weight is 404 g/mol. The molecule has 2 fully saturated rings. The normalized spacial score (nSPS) is 20.7. The number of aryl methyl sites for hydroxylation is 2. The highest BCUT2D eigenvalue weighted by molar-refractivity contribution is 6.33. The van der Waals surface area contributed by atoms with Gasteiger partial charge in [-0.3, -0.25) is 4.79 Å². The van der Waals surface area contributed by atoms with E-state index in [1.54, 1.807) is 4.68 Å². The fraction of sp³-hybridized carbons (Fsp3) is 0.524. The number of hydrogen-bond acceptors (Lipinski definition) is 4. The minimum atomic E-state index is -0.342. The van der Waals surface area contributed by atoms with Crippen LogP contribution in [-0.4, -0.2) is 52.7 Å². The Morgan fingerprint density at radius 3 is 2.61 bits per heavy atom. The molecule has 0 bridgehead atoms. The molecule has 2 saturated heterocycles. The highest BCUT2D eigenvalue weighted by Gasteiger charge is 2.38. The molecule has 0 radical (unpaired) electrons.